The van der Waals surface area contributed by atoms with Gasteiger partial charge in [0.05, 0.1) is 6.61 Å². The number of nitrogens with two attached hydrogens (primary N) is 1. The average Bonchev–Trinajstić information content (AvgIpc) is 3.33. The van der Waals surface area contributed by atoms with Gasteiger partial charge in [0.25, 0.3) is 0 Å². The number of nitrogens with one attached hydrogen (secondary N) is 3. The van der Waals surface area contributed by atoms with Gasteiger partial charge in [0.2, 0.25) is 5.91 Å². The summed E-state index contributed by atoms with van der Waals surface area (Å²) in [5.74, 6) is -0.314. The fourth-order valence-electron chi connectivity index (χ4n) is 4.01. The van der Waals surface area contributed by atoms with Gasteiger partial charge in [0.15, 0.2) is 6.04 Å². The molecule has 1 aliphatic carbocycles. The second-order valence-electron chi connectivity index (χ2n) is 8.11. The molecule has 7 nitrogen and oxygen atoms in total. The van der Waals surface area contributed by atoms with Crippen molar-refractivity contribution >= 4 is 29.1 Å². The summed E-state index contributed by atoms with van der Waals surface area (Å²) in [6.45, 7) is 4.07. The van der Waals surface area contributed by atoms with Crippen LogP contribution in [-0.4, -0.2) is 24.3 Å². The van der Waals surface area contributed by atoms with E-state index in [1.54, 1.807) is 31.2 Å². The Morgan fingerprint density at radius 1 is 1.09 bits per heavy atom. The van der Waals surface area contributed by atoms with Gasteiger partial charge in [0, 0.05) is 22.9 Å². The van der Waals surface area contributed by atoms with Gasteiger partial charge in [-0.2, -0.15) is 0 Å². The predicted molar refractivity (Wildman–Crippen MR) is 127 cm³/mol. The van der Waals surface area contributed by atoms with Crippen LogP contribution in [0.25, 0.3) is 0 Å². The Labute approximate surface area is 189 Å². The maximum Gasteiger partial charge on any atom is 0.333 e. The topological polar surface area (TPSA) is 117 Å². The van der Waals surface area contributed by atoms with E-state index in [9.17, 15) is 9.59 Å². The molecule has 3 rings (SSSR count). The molecule has 1 saturated carbocycles. The maximum absolute atomic E-state index is 12.8. The Balaban J connectivity index is 1.89. The lowest BCUT2D eigenvalue weighted by atomic mass is 10.00. The van der Waals surface area contributed by atoms with E-state index in [1.165, 1.54) is 0 Å². The van der Waals surface area contributed by atoms with E-state index in [0.29, 0.717) is 16.9 Å². The van der Waals surface area contributed by atoms with Crippen molar-refractivity contribution in [1.82, 2.24) is 0 Å². The average molecular weight is 437 g/mol. The minimum Gasteiger partial charge on any atom is -0.464 e. The van der Waals surface area contributed by atoms with E-state index in [1.807, 2.05) is 25.1 Å². The molecule has 0 saturated heterocycles. The van der Waals surface area contributed by atoms with Crippen LogP contribution in [-0.2, 0) is 20.7 Å². The molecular formula is C25H32N4O3. The number of nitrogen functional groups attached to an aromatic ring is 1. The molecule has 1 aliphatic rings. The molecule has 0 heterocycles. The molecule has 0 bridgehead atoms. The Morgan fingerprint density at radius 2 is 1.78 bits per heavy atom. The number of hydrogen-bond donors (Lipinski definition) is 4. The maximum atomic E-state index is 12.8. The van der Waals surface area contributed by atoms with Gasteiger partial charge in [0.1, 0.15) is 5.84 Å². The third-order valence-electron chi connectivity index (χ3n) is 5.78. The summed E-state index contributed by atoms with van der Waals surface area (Å²) in [5.41, 5.74) is 9.27. The van der Waals surface area contributed by atoms with Crippen molar-refractivity contribution in [1.29, 1.82) is 5.41 Å². The number of hydrogen-bond acceptors (Lipinski definition) is 5. The van der Waals surface area contributed by atoms with Gasteiger partial charge in [-0.05, 0) is 73.7 Å². The van der Waals surface area contributed by atoms with Crippen LogP contribution < -0.4 is 16.4 Å². The Bertz CT molecular complexity index is 966. The Hall–Kier alpha value is -3.35. The molecular weight excluding hydrogens is 404 g/mol. The van der Waals surface area contributed by atoms with Crippen molar-refractivity contribution in [3.05, 3.63) is 59.2 Å². The molecule has 0 aliphatic heterocycles. The van der Waals surface area contributed by atoms with Crippen molar-refractivity contribution in [2.75, 3.05) is 17.2 Å². The van der Waals surface area contributed by atoms with Gasteiger partial charge >= 0.3 is 5.97 Å². The number of benzene rings is 2. The summed E-state index contributed by atoms with van der Waals surface area (Å²) in [4.78, 5) is 25.5. The molecule has 32 heavy (non-hydrogen) atoms. The fraction of sp³-hybridized carbons (Fsp3) is 0.400. The first kappa shape index (κ1) is 23.3. The lowest BCUT2D eigenvalue weighted by Gasteiger charge is -2.21. The largest absolute Gasteiger partial charge is 0.464 e. The Morgan fingerprint density at radius 3 is 2.38 bits per heavy atom. The van der Waals surface area contributed by atoms with Crippen LogP contribution in [0.2, 0.25) is 0 Å². The number of ether oxygens (including phenoxy) is 1. The second kappa shape index (κ2) is 10.8. The number of carbonyl (C=O) groups excluding carboxylic acids is 2. The van der Waals surface area contributed by atoms with Crippen LogP contribution in [0.15, 0.2) is 42.5 Å². The normalized spacial score (nSPS) is 14.6. The van der Waals surface area contributed by atoms with Crippen LogP contribution in [0, 0.1) is 11.3 Å². The molecule has 170 valence electrons. The third kappa shape index (κ3) is 5.87. The second-order valence-corrected chi connectivity index (χ2v) is 8.11. The standard InChI is InChI=1S/C25H32N4O3/c1-3-16-13-19(15-21(14-16)29-24(30)18-7-5-6-8-18)22(25(31)32-4-2)28-20-11-9-17(10-12-20)23(26)27/h9-15,18,22,28H,3-8H2,1-2H3,(H3,26,27)(H,29,30). The highest BCUT2D eigenvalue weighted by Crippen LogP contribution is 2.29. The lowest BCUT2D eigenvalue weighted by molar-refractivity contribution is -0.144. The fourth-order valence-corrected chi connectivity index (χ4v) is 4.01. The number of esters is 1. The summed E-state index contributed by atoms with van der Waals surface area (Å²) in [5, 5.41) is 13.8. The van der Waals surface area contributed by atoms with Crippen LogP contribution in [0.1, 0.15) is 62.3 Å². The van der Waals surface area contributed by atoms with Crippen LogP contribution in [0.4, 0.5) is 11.4 Å². The van der Waals surface area contributed by atoms with Gasteiger partial charge < -0.3 is 21.1 Å². The zero-order valence-electron chi connectivity index (χ0n) is 18.7. The highest BCUT2D eigenvalue weighted by molar-refractivity contribution is 5.95. The van der Waals surface area contributed by atoms with Crippen molar-refractivity contribution in [2.45, 2.75) is 52.0 Å². The summed E-state index contributed by atoms with van der Waals surface area (Å²) >= 11 is 0. The minimum atomic E-state index is -0.744. The lowest BCUT2D eigenvalue weighted by Crippen LogP contribution is -2.24. The number of carbonyl (C=O) groups is 2. The number of amidine groups is 1. The summed E-state index contributed by atoms with van der Waals surface area (Å²) in [6.07, 6.45) is 4.80. The Kier molecular flexibility index (Phi) is 7.87. The van der Waals surface area contributed by atoms with Crippen molar-refractivity contribution in [3.8, 4) is 0 Å². The van der Waals surface area contributed by atoms with Gasteiger partial charge in [-0.3, -0.25) is 10.2 Å². The molecule has 0 aromatic heterocycles. The van der Waals surface area contributed by atoms with E-state index in [4.69, 9.17) is 15.9 Å². The smallest absolute Gasteiger partial charge is 0.333 e. The first-order valence-corrected chi connectivity index (χ1v) is 11.2. The summed E-state index contributed by atoms with van der Waals surface area (Å²) < 4.78 is 5.33. The van der Waals surface area contributed by atoms with E-state index >= 15 is 0 Å². The van der Waals surface area contributed by atoms with E-state index in [-0.39, 0.29) is 24.3 Å². The predicted octanol–water partition coefficient (Wildman–Crippen LogP) is 4.38. The van der Waals surface area contributed by atoms with Crippen LogP contribution in [0.3, 0.4) is 0 Å². The molecule has 7 heteroatoms. The molecule has 1 atom stereocenters. The van der Waals surface area contributed by atoms with Crippen molar-refractivity contribution in [3.63, 3.8) is 0 Å². The van der Waals surface area contributed by atoms with E-state index < -0.39 is 12.0 Å². The molecule has 2 aromatic rings. The minimum absolute atomic E-state index is 0.0169. The zero-order chi connectivity index (χ0) is 23.1. The summed E-state index contributed by atoms with van der Waals surface area (Å²) in [6, 6.07) is 12.0. The van der Waals surface area contributed by atoms with Crippen LogP contribution in [0.5, 0.6) is 0 Å². The van der Waals surface area contributed by atoms with E-state index in [0.717, 1.165) is 43.2 Å². The van der Waals surface area contributed by atoms with Crippen molar-refractivity contribution in [2.24, 2.45) is 11.7 Å². The highest BCUT2D eigenvalue weighted by Gasteiger charge is 2.25. The molecule has 0 spiro atoms. The highest BCUT2D eigenvalue weighted by atomic mass is 16.5. The first-order valence-electron chi connectivity index (χ1n) is 11.2. The molecule has 1 amide bonds. The number of aryl methyl sites for hydroxylation is 1. The molecule has 5 N–H and O–H groups in total. The number of amides is 1. The number of rotatable bonds is 9. The molecule has 2 aromatic carbocycles. The van der Waals surface area contributed by atoms with Gasteiger partial charge in [-0.25, -0.2) is 4.79 Å². The van der Waals surface area contributed by atoms with Gasteiger partial charge in [-0.15, -0.1) is 0 Å². The SMILES string of the molecule is CCOC(=O)C(Nc1ccc(C(=N)N)cc1)c1cc(CC)cc(NC(=O)C2CCCC2)c1. The first-order chi connectivity index (χ1) is 15.4. The van der Waals surface area contributed by atoms with Crippen LogP contribution >= 0.6 is 0 Å². The number of anilines is 2. The molecule has 1 unspecified atom stereocenters. The van der Waals surface area contributed by atoms with Gasteiger partial charge in [-0.1, -0.05) is 25.8 Å². The van der Waals surface area contributed by atoms with E-state index in [2.05, 4.69) is 10.6 Å². The summed E-state index contributed by atoms with van der Waals surface area (Å²) in [7, 11) is 0. The molecule has 1 fully saturated rings. The zero-order valence-corrected chi connectivity index (χ0v) is 18.7. The third-order valence-corrected chi connectivity index (χ3v) is 5.78. The molecule has 0 radical (unpaired) electrons. The monoisotopic (exact) mass is 436 g/mol. The van der Waals surface area contributed by atoms with Crippen molar-refractivity contribution < 1.29 is 14.3 Å². The quantitative estimate of drug-likeness (QED) is 0.264.